The number of aromatic nitrogens is 1. The van der Waals surface area contributed by atoms with Gasteiger partial charge in [0.25, 0.3) is 5.91 Å². The molecular formula is C23H19F2N3O2. The van der Waals surface area contributed by atoms with E-state index in [1.807, 2.05) is 32.0 Å². The van der Waals surface area contributed by atoms with Crippen LogP contribution in [0.1, 0.15) is 38.7 Å². The molecule has 30 heavy (non-hydrogen) atoms. The molecule has 0 fully saturated rings. The fourth-order valence-electron chi connectivity index (χ4n) is 3.08. The maximum Gasteiger partial charge on any atom is 0.252 e. The molecule has 152 valence electrons. The van der Waals surface area contributed by atoms with Gasteiger partial charge in [0.05, 0.1) is 6.07 Å². The molecule has 1 atom stereocenters. The van der Waals surface area contributed by atoms with Gasteiger partial charge in [0, 0.05) is 35.2 Å². The highest BCUT2D eigenvalue weighted by molar-refractivity contribution is 5.95. The molecule has 1 unspecified atom stereocenters. The van der Waals surface area contributed by atoms with Gasteiger partial charge >= 0.3 is 0 Å². The van der Waals surface area contributed by atoms with Gasteiger partial charge in [-0.15, -0.1) is 0 Å². The maximum absolute atomic E-state index is 14.0. The number of benzene rings is 2. The van der Waals surface area contributed by atoms with Gasteiger partial charge in [-0.25, -0.2) is 8.78 Å². The van der Waals surface area contributed by atoms with Crippen molar-refractivity contribution in [2.75, 3.05) is 0 Å². The number of nitriles is 1. The molecule has 5 nitrogen and oxygen atoms in total. The lowest BCUT2D eigenvalue weighted by molar-refractivity contribution is 0.0944. The predicted molar refractivity (Wildman–Crippen MR) is 107 cm³/mol. The standard InChI is InChI=1S/C23H19F2N3O2/c1-14-8-17(9-15(2)22(14)30-13-16-4-3-7-27-12-16)23(29)28-21(11-26)19-6-5-18(24)10-20(19)25/h3-10,12,21H,13H2,1-2H3,(H,28,29). The van der Waals surface area contributed by atoms with Crippen molar-refractivity contribution in [3.05, 3.63) is 94.3 Å². The van der Waals surface area contributed by atoms with Crippen molar-refractivity contribution in [3.63, 3.8) is 0 Å². The van der Waals surface area contributed by atoms with Crippen LogP contribution in [0.5, 0.6) is 5.75 Å². The van der Waals surface area contributed by atoms with Crippen LogP contribution < -0.4 is 10.1 Å². The first-order valence-electron chi connectivity index (χ1n) is 9.17. The molecule has 0 radical (unpaired) electrons. The SMILES string of the molecule is Cc1cc(C(=O)NC(C#N)c2ccc(F)cc2F)cc(C)c1OCc1cccnc1. The highest BCUT2D eigenvalue weighted by atomic mass is 19.1. The average molecular weight is 407 g/mol. The highest BCUT2D eigenvalue weighted by Gasteiger charge is 2.20. The highest BCUT2D eigenvalue weighted by Crippen LogP contribution is 2.26. The Hall–Kier alpha value is -3.79. The van der Waals surface area contributed by atoms with Crippen LogP contribution in [0.4, 0.5) is 8.78 Å². The second kappa shape index (κ2) is 9.14. The number of amides is 1. The van der Waals surface area contributed by atoms with Crippen LogP contribution in [0.25, 0.3) is 0 Å². The second-order valence-corrected chi connectivity index (χ2v) is 6.79. The zero-order chi connectivity index (χ0) is 21.7. The summed E-state index contributed by atoms with van der Waals surface area (Å²) in [5, 5.41) is 11.8. The monoisotopic (exact) mass is 407 g/mol. The summed E-state index contributed by atoms with van der Waals surface area (Å²) in [6, 6.07) is 10.4. The Morgan fingerprint density at radius 3 is 2.53 bits per heavy atom. The molecule has 0 aliphatic carbocycles. The van der Waals surface area contributed by atoms with Crippen molar-refractivity contribution in [3.8, 4) is 11.8 Å². The third-order valence-electron chi connectivity index (χ3n) is 4.51. The van der Waals surface area contributed by atoms with Crippen molar-refractivity contribution >= 4 is 5.91 Å². The maximum atomic E-state index is 14.0. The van der Waals surface area contributed by atoms with Gasteiger partial charge in [-0.05, 0) is 49.2 Å². The van der Waals surface area contributed by atoms with E-state index < -0.39 is 23.6 Å². The Labute approximate surface area is 173 Å². The number of rotatable bonds is 6. The molecule has 0 spiro atoms. The average Bonchev–Trinajstić information content (AvgIpc) is 2.72. The Balaban J connectivity index is 1.76. The molecule has 1 N–H and O–H groups in total. The number of pyridine rings is 1. The molecule has 0 aliphatic rings. The molecular weight excluding hydrogens is 388 g/mol. The topological polar surface area (TPSA) is 75.0 Å². The summed E-state index contributed by atoms with van der Waals surface area (Å²) in [5.74, 6) is -1.55. The molecule has 2 aromatic carbocycles. The van der Waals surface area contributed by atoms with E-state index in [1.165, 1.54) is 0 Å². The summed E-state index contributed by atoms with van der Waals surface area (Å²) in [6.45, 7) is 3.95. The van der Waals surface area contributed by atoms with E-state index in [4.69, 9.17) is 4.74 Å². The summed E-state index contributed by atoms with van der Waals surface area (Å²) in [5.41, 5.74) is 2.60. The van der Waals surface area contributed by atoms with E-state index in [1.54, 1.807) is 24.5 Å². The fourth-order valence-corrected chi connectivity index (χ4v) is 3.08. The molecule has 1 aromatic heterocycles. The number of halogens is 2. The summed E-state index contributed by atoms with van der Waals surface area (Å²) in [4.78, 5) is 16.7. The second-order valence-electron chi connectivity index (χ2n) is 6.79. The van der Waals surface area contributed by atoms with Gasteiger partial charge in [-0.2, -0.15) is 5.26 Å². The minimum absolute atomic E-state index is 0.0999. The van der Waals surface area contributed by atoms with E-state index in [2.05, 4.69) is 10.3 Å². The minimum atomic E-state index is -1.25. The molecule has 0 bridgehead atoms. The molecule has 3 rings (SSSR count). The first-order chi connectivity index (χ1) is 14.4. The number of carbonyl (C=O) groups excluding carboxylic acids is 1. The Morgan fingerprint density at radius 2 is 1.93 bits per heavy atom. The number of hydrogen-bond donors (Lipinski definition) is 1. The molecule has 7 heteroatoms. The van der Waals surface area contributed by atoms with Gasteiger partial charge < -0.3 is 10.1 Å². The first kappa shape index (κ1) is 20.9. The van der Waals surface area contributed by atoms with Crippen LogP contribution in [0.3, 0.4) is 0 Å². The van der Waals surface area contributed by atoms with Gasteiger partial charge in [-0.3, -0.25) is 9.78 Å². The fraction of sp³-hybridized carbons (Fsp3) is 0.174. The lowest BCUT2D eigenvalue weighted by atomic mass is 10.0. The van der Waals surface area contributed by atoms with E-state index >= 15 is 0 Å². The van der Waals surface area contributed by atoms with Crippen molar-refractivity contribution < 1.29 is 18.3 Å². The van der Waals surface area contributed by atoms with Gasteiger partial charge in [0.1, 0.15) is 30.0 Å². The number of carbonyl (C=O) groups is 1. The lowest BCUT2D eigenvalue weighted by Gasteiger charge is -2.16. The molecule has 0 saturated carbocycles. The van der Waals surface area contributed by atoms with Gasteiger partial charge in [-0.1, -0.05) is 12.1 Å². The van der Waals surface area contributed by atoms with Crippen molar-refractivity contribution in [1.29, 1.82) is 5.26 Å². The van der Waals surface area contributed by atoms with E-state index in [-0.39, 0.29) is 5.56 Å². The van der Waals surface area contributed by atoms with Crippen LogP contribution in [0.15, 0.2) is 54.9 Å². The molecule has 3 aromatic rings. The zero-order valence-electron chi connectivity index (χ0n) is 16.4. The smallest absolute Gasteiger partial charge is 0.252 e. The van der Waals surface area contributed by atoms with E-state index in [9.17, 15) is 18.8 Å². The van der Waals surface area contributed by atoms with Crippen molar-refractivity contribution in [2.24, 2.45) is 0 Å². The third kappa shape index (κ3) is 4.78. The summed E-state index contributed by atoms with van der Waals surface area (Å²) >= 11 is 0. The van der Waals surface area contributed by atoms with Gasteiger partial charge in [0.2, 0.25) is 0 Å². The van der Waals surface area contributed by atoms with Gasteiger partial charge in [0.15, 0.2) is 0 Å². The molecule has 1 heterocycles. The Morgan fingerprint density at radius 1 is 1.20 bits per heavy atom. The number of nitrogens with one attached hydrogen (secondary N) is 1. The number of ether oxygens (including phenoxy) is 1. The van der Waals surface area contributed by atoms with Crippen molar-refractivity contribution in [1.82, 2.24) is 10.3 Å². The Bertz CT molecular complexity index is 1090. The van der Waals surface area contributed by atoms with E-state index in [0.717, 1.165) is 28.8 Å². The Kier molecular flexibility index (Phi) is 6.38. The van der Waals surface area contributed by atoms with Crippen LogP contribution in [0.2, 0.25) is 0 Å². The minimum Gasteiger partial charge on any atom is -0.488 e. The summed E-state index contributed by atoms with van der Waals surface area (Å²) < 4.78 is 33.0. The zero-order valence-corrected chi connectivity index (χ0v) is 16.4. The quantitative estimate of drug-likeness (QED) is 0.651. The van der Waals surface area contributed by atoms with Crippen molar-refractivity contribution in [2.45, 2.75) is 26.5 Å². The molecule has 0 saturated heterocycles. The largest absolute Gasteiger partial charge is 0.488 e. The summed E-state index contributed by atoms with van der Waals surface area (Å²) in [6.07, 6.45) is 3.39. The normalized spacial score (nSPS) is 11.4. The van der Waals surface area contributed by atoms with Crippen LogP contribution in [0, 0.1) is 36.8 Å². The first-order valence-corrected chi connectivity index (χ1v) is 9.17. The van der Waals surface area contributed by atoms with Crippen LogP contribution in [-0.2, 0) is 6.61 Å². The third-order valence-corrected chi connectivity index (χ3v) is 4.51. The molecule has 0 aliphatic heterocycles. The number of nitrogens with zero attached hydrogens (tertiary/aromatic N) is 2. The number of aryl methyl sites for hydroxylation is 2. The predicted octanol–water partition coefficient (Wildman–Crippen LogP) is 4.55. The lowest BCUT2D eigenvalue weighted by Crippen LogP contribution is -2.28. The number of hydrogen-bond acceptors (Lipinski definition) is 4. The van der Waals surface area contributed by atoms with Crippen LogP contribution >= 0.6 is 0 Å². The van der Waals surface area contributed by atoms with Crippen LogP contribution in [-0.4, -0.2) is 10.9 Å². The van der Waals surface area contributed by atoms with E-state index in [0.29, 0.717) is 24.0 Å². The summed E-state index contributed by atoms with van der Waals surface area (Å²) in [7, 11) is 0. The molecule has 1 amide bonds.